The van der Waals surface area contributed by atoms with Crippen molar-refractivity contribution in [2.45, 2.75) is 6.92 Å². The maximum Gasteiger partial charge on any atom is 0.356 e. The number of carbonyl (C=O) groups is 1. The third-order valence-electron chi connectivity index (χ3n) is 3.13. The summed E-state index contributed by atoms with van der Waals surface area (Å²) in [5, 5.41) is 13.3. The number of hydrogen-bond acceptors (Lipinski definition) is 3. The molecule has 5 heteroatoms. The van der Waals surface area contributed by atoms with Gasteiger partial charge in [-0.15, -0.1) is 0 Å². The molecule has 0 saturated carbocycles. The summed E-state index contributed by atoms with van der Waals surface area (Å²) in [5.41, 5.74) is 3.25. The van der Waals surface area contributed by atoms with Gasteiger partial charge in [-0.2, -0.15) is 5.10 Å². The molecule has 0 saturated heterocycles. The van der Waals surface area contributed by atoms with Crippen molar-refractivity contribution in [1.29, 1.82) is 0 Å². The molecule has 2 heterocycles. The maximum absolute atomic E-state index is 11.2. The Bertz CT molecular complexity index is 777. The Morgan fingerprint density at radius 1 is 1.14 bits per heavy atom. The normalized spacial score (nSPS) is 10.5. The van der Waals surface area contributed by atoms with E-state index in [0.717, 1.165) is 11.3 Å². The zero-order chi connectivity index (χ0) is 14.8. The molecule has 104 valence electrons. The van der Waals surface area contributed by atoms with Gasteiger partial charge in [-0.25, -0.2) is 9.48 Å². The SMILES string of the molecule is Cc1ccc(-n2nc(C(=O)O)cc2-c2ccccn2)cc1. The van der Waals surface area contributed by atoms with Gasteiger partial charge in [0.1, 0.15) is 0 Å². The standard InChI is InChI=1S/C16H13N3O2/c1-11-5-7-12(8-6-11)19-15(10-14(18-19)16(20)21)13-4-2-3-9-17-13/h2-10H,1H3,(H,20,21). The fourth-order valence-corrected chi connectivity index (χ4v) is 2.07. The van der Waals surface area contributed by atoms with Crippen LogP contribution in [-0.4, -0.2) is 25.8 Å². The van der Waals surface area contributed by atoms with Gasteiger partial charge in [0.25, 0.3) is 0 Å². The second-order valence-corrected chi connectivity index (χ2v) is 4.68. The molecule has 0 aliphatic carbocycles. The van der Waals surface area contributed by atoms with Gasteiger partial charge in [-0.3, -0.25) is 4.98 Å². The molecule has 2 aromatic heterocycles. The summed E-state index contributed by atoms with van der Waals surface area (Å²) in [7, 11) is 0. The van der Waals surface area contributed by atoms with Crippen LogP contribution in [0, 0.1) is 6.92 Å². The average Bonchev–Trinajstić information content (AvgIpc) is 2.94. The summed E-state index contributed by atoms with van der Waals surface area (Å²) in [6.07, 6.45) is 1.67. The number of nitrogens with zero attached hydrogens (tertiary/aromatic N) is 3. The first-order chi connectivity index (χ1) is 10.1. The molecule has 0 aliphatic rings. The van der Waals surface area contributed by atoms with Crippen LogP contribution in [-0.2, 0) is 0 Å². The predicted molar refractivity (Wildman–Crippen MR) is 78.5 cm³/mol. The van der Waals surface area contributed by atoms with Gasteiger partial charge in [0.2, 0.25) is 0 Å². The van der Waals surface area contributed by atoms with Gasteiger partial charge in [-0.05, 0) is 31.2 Å². The topological polar surface area (TPSA) is 68.0 Å². The Balaban J connectivity index is 2.19. The van der Waals surface area contributed by atoms with Gasteiger partial charge >= 0.3 is 5.97 Å². The van der Waals surface area contributed by atoms with E-state index in [1.165, 1.54) is 6.07 Å². The summed E-state index contributed by atoms with van der Waals surface area (Å²) >= 11 is 0. The summed E-state index contributed by atoms with van der Waals surface area (Å²) in [6.45, 7) is 2.00. The molecule has 3 rings (SSSR count). The van der Waals surface area contributed by atoms with E-state index in [9.17, 15) is 4.79 Å². The molecular weight excluding hydrogens is 266 g/mol. The summed E-state index contributed by atoms with van der Waals surface area (Å²) < 4.78 is 1.60. The summed E-state index contributed by atoms with van der Waals surface area (Å²) in [4.78, 5) is 15.5. The number of hydrogen-bond donors (Lipinski definition) is 1. The zero-order valence-corrected chi connectivity index (χ0v) is 11.4. The van der Waals surface area contributed by atoms with Crippen LogP contribution in [0.5, 0.6) is 0 Å². The van der Waals surface area contributed by atoms with Gasteiger partial charge in [0.05, 0.1) is 17.1 Å². The van der Waals surface area contributed by atoms with Gasteiger partial charge in [-0.1, -0.05) is 23.8 Å². The molecule has 0 radical (unpaired) electrons. The summed E-state index contributed by atoms with van der Waals surface area (Å²) in [5.74, 6) is -1.06. The fraction of sp³-hybridized carbons (Fsp3) is 0.0625. The highest BCUT2D eigenvalue weighted by Gasteiger charge is 2.16. The maximum atomic E-state index is 11.2. The Hall–Kier alpha value is -2.95. The van der Waals surface area contributed by atoms with E-state index in [0.29, 0.717) is 11.4 Å². The molecule has 5 nitrogen and oxygen atoms in total. The largest absolute Gasteiger partial charge is 0.476 e. The van der Waals surface area contributed by atoms with E-state index >= 15 is 0 Å². The van der Waals surface area contributed by atoms with Crippen LogP contribution in [0.15, 0.2) is 54.7 Å². The lowest BCUT2D eigenvalue weighted by Crippen LogP contribution is -2.02. The third kappa shape index (κ3) is 2.53. The molecule has 0 atom stereocenters. The Morgan fingerprint density at radius 2 is 1.90 bits per heavy atom. The van der Waals surface area contributed by atoms with E-state index < -0.39 is 5.97 Å². The quantitative estimate of drug-likeness (QED) is 0.800. The minimum atomic E-state index is -1.06. The number of rotatable bonds is 3. The van der Waals surface area contributed by atoms with Crippen molar-refractivity contribution >= 4 is 5.97 Å². The van der Waals surface area contributed by atoms with Crippen LogP contribution in [0.2, 0.25) is 0 Å². The lowest BCUT2D eigenvalue weighted by molar-refractivity contribution is 0.0690. The number of aromatic nitrogens is 3. The van der Waals surface area contributed by atoms with Crippen molar-refractivity contribution in [1.82, 2.24) is 14.8 Å². The number of pyridine rings is 1. The Labute approximate surface area is 121 Å². The first kappa shape index (κ1) is 13.1. The van der Waals surface area contributed by atoms with E-state index in [2.05, 4.69) is 10.1 Å². The minimum Gasteiger partial charge on any atom is -0.476 e. The Morgan fingerprint density at radius 3 is 2.52 bits per heavy atom. The zero-order valence-electron chi connectivity index (χ0n) is 11.4. The first-order valence-electron chi connectivity index (χ1n) is 6.47. The van der Waals surface area contributed by atoms with Crippen LogP contribution in [0.4, 0.5) is 0 Å². The molecule has 0 fully saturated rings. The van der Waals surface area contributed by atoms with Crippen LogP contribution in [0.25, 0.3) is 17.1 Å². The number of carboxylic acids is 1. The highest BCUT2D eigenvalue weighted by Crippen LogP contribution is 2.22. The van der Waals surface area contributed by atoms with Gasteiger partial charge < -0.3 is 5.11 Å². The molecule has 0 bridgehead atoms. The van der Waals surface area contributed by atoms with Crippen molar-refractivity contribution in [3.8, 4) is 17.1 Å². The number of benzene rings is 1. The van der Waals surface area contributed by atoms with Crippen LogP contribution in [0.1, 0.15) is 16.1 Å². The van der Waals surface area contributed by atoms with Crippen molar-refractivity contribution in [3.05, 3.63) is 66.0 Å². The number of aryl methyl sites for hydroxylation is 1. The lowest BCUT2D eigenvalue weighted by atomic mass is 10.2. The molecule has 0 unspecified atom stereocenters. The van der Waals surface area contributed by atoms with E-state index in [4.69, 9.17) is 5.11 Å². The predicted octanol–water partition coefficient (Wildman–Crippen LogP) is 2.94. The number of carboxylic acid groups (broad SMARTS) is 1. The number of aromatic carboxylic acids is 1. The Kier molecular flexibility index (Phi) is 3.23. The van der Waals surface area contributed by atoms with E-state index in [1.807, 2.05) is 49.4 Å². The molecule has 0 aliphatic heterocycles. The molecular formula is C16H13N3O2. The molecule has 1 N–H and O–H groups in total. The van der Waals surface area contributed by atoms with E-state index in [-0.39, 0.29) is 5.69 Å². The fourth-order valence-electron chi connectivity index (χ4n) is 2.07. The highest BCUT2D eigenvalue weighted by atomic mass is 16.4. The molecule has 3 aromatic rings. The van der Waals surface area contributed by atoms with E-state index in [1.54, 1.807) is 10.9 Å². The van der Waals surface area contributed by atoms with Crippen molar-refractivity contribution in [3.63, 3.8) is 0 Å². The molecule has 0 amide bonds. The molecule has 21 heavy (non-hydrogen) atoms. The smallest absolute Gasteiger partial charge is 0.356 e. The minimum absolute atomic E-state index is 0.00349. The monoisotopic (exact) mass is 279 g/mol. The van der Waals surface area contributed by atoms with Crippen molar-refractivity contribution in [2.75, 3.05) is 0 Å². The van der Waals surface area contributed by atoms with Crippen LogP contribution in [0.3, 0.4) is 0 Å². The second-order valence-electron chi connectivity index (χ2n) is 4.68. The first-order valence-corrected chi connectivity index (χ1v) is 6.47. The molecule has 1 aromatic carbocycles. The second kappa shape index (κ2) is 5.20. The summed E-state index contributed by atoms with van der Waals surface area (Å²) in [6, 6.07) is 14.8. The van der Waals surface area contributed by atoms with Crippen molar-refractivity contribution < 1.29 is 9.90 Å². The van der Waals surface area contributed by atoms with Crippen molar-refractivity contribution in [2.24, 2.45) is 0 Å². The van der Waals surface area contributed by atoms with Gasteiger partial charge in [0, 0.05) is 12.3 Å². The lowest BCUT2D eigenvalue weighted by Gasteiger charge is -2.07. The third-order valence-corrected chi connectivity index (χ3v) is 3.13. The van der Waals surface area contributed by atoms with Crippen LogP contribution >= 0.6 is 0 Å². The highest BCUT2D eigenvalue weighted by molar-refractivity contribution is 5.87. The average molecular weight is 279 g/mol. The van der Waals surface area contributed by atoms with Crippen LogP contribution < -0.4 is 0 Å². The van der Waals surface area contributed by atoms with Gasteiger partial charge in [0.15, 0.2) is 5.69 Å². The molecule has 0 spiro atoms.